The van der Waals surface area contributed by atoms with Crippen LogP contribution in [0.25, 0.3) is 0 Å². The summed E-state index contributed by atoms with van der Waals surface area (Å²) in [5, 5.41) is 6.41. The van der Waals surface area contributed by atoms with Gasteiger partial charge in [0, 0.05) is 11.6 Å². The van der Waals surface area contributed by atoms with E-state index in [-0.39, 0.29) is 18.0 Å². The van der Waals surface area contributed by atoms with Crippen molar-refractivity contribution in [1.82, 2.24) is 5.32 Å². The van der Waals surface area contributed by atoms with Crippen molar-refractivity contribution in [2.75, 3.05) is 11.1 Å². The quantitative estimate of drug-likeness (QED) is 0.563. The summed E-state index contributed by atoms with van der Waals surface area (Å²) in [6.07, 6.45) is 0. The maximum absolute atomic E-state index is 12.2. The van der Waals surface area contributed by atoms with Crippen LogP contribution in [0.5, 0.6) is 0 Å². The number of rotatable bonds is 6. The molecule has 0 saturated heterocycles. The maximum atomic E-state index is 12.2. The lowest BCUT2D eigenvalue weighted by Gasteiger charge is -2.22. The van der Waals surface area contributed by atoms with Crippen molar-refractivity contribution < 1.29 is 4.79 Å². The lowest BCUT2D eigenvalue weighted by molar-refractivity contribution is 0.0943. The second-order valence-corrected chi connectivity index (χ2v) is 6.83. The van der Waals surface area contributed by atoms with Gasteiger partial charge in [-0.25, -0.2) is 0 Å². The smallest absolute Gasteiger partial charge is 0.251 e. The number of amides is 1. The Labute approximate surface area is 160 Å². The summed E-state index contributed by atoms with van der Waals surface area (Å²) in [4.78, 5) is 12.2. The highest BCUT2D eigenvalue weighted by molar-refractivity contribution is 5.96. The van der Waals surface area contributed by atoms with Crippen LogP contribution >= 0.6 is 0 Å². The lowest BCUT2D eigenvalue weighted by Crippen LogP contribution is -2.30. The van der Waals surface area contributed by atoms with Crippen LogP contribution in [-0.4, -0.2) is 11.9 Å². The first kappa shape index (κ1) is 18.5. The van der Waals surface area contributed by atoms with Gasteiger partial charge in [0.15, 0.2) is 0 Å². The molecule has 1 amide bonds. The van der Waals surface area contributed by atoms with Crippen molar-refractivity contribution in [3.63, 3.8) is 0 Å². The summed E-state index contributed by atoms with van der Waals surface area (Å²) in [6.45, 7) is 3.86. The van der Waals surface area contributed by atoms with Gasteiger partial charge in [0.25, 0.3) is 5.91 Å². The third-order valence-corrected chi connectivity index (χ3v) is 4.30. The van der Waals surface area contributed by atoms with Crippen LogP contribution in [0.4, 0.5) is 11.4 Å². The largest absolute Gasteiger partial charge is 0.397 e. The van der Waals surface area contributed by atoms with Gasteiger partial charge in [0.1, 0.15) is 0 Å². The second-order valence-electron chi connectivity index (χ2n) is 6.83. The average molecular weight is 359 g/mol. The number of anilines is 2. The minimum Gasteiger partial charge on any atom is -0.397 e. The molecule has 0 spiro atoms. The van der Waals surface area contributed by atoms with Crippen molar-refractivity contribution in [2.45, 2.75) is 25.9 Å². The Hall–Kier alpha value is -3.27. The number of nitrogens with two attached hydrogens (primary N) is 1. The number of carbonyl (C=O) groups is 1. The minimum atomic E-state index is -0.120. The fraction of sp³-hybridized carbons (Fsp3) is 0.174. The van der Waals surface area contributed by atoms with Crippen LogP contribution < -0.4 is 16.4 Å². The van der Waals surface area contributed by atoms with Crippen molar-refractivity contribution in [2.24, 2.45) is 0 Å². The molecule has 0 atom stereocenters. The lowest BCUT2D eigenvalue weighted by atomic mass is 9.98. The first-order chi connectivity index (χ1) is 13.0. The molecule has 0 bridgehead atoms. The predicted molar refractivity (Wildman–Crippen MR) is 112 cm³/mol. The Bertz CT molecular complexity index is 853. The molecule has 4 heteroatoms. The van der Waals surface area contributed by atoms with Crippen molar-refractivity contribution in [3.8, 4) is 0 Å². The van der Waals surface area contributed by atoms with E-state index in [1.807, 2.05) is 56.3 Å². The summed E-state index contributed by atoms with van der Waals surface area (Å²) < 4.78 is 0. The maximum Gasteiger partial charge on any atom is 0.251 e. The van der Waals surface area contributed by atoms with Gasteiger partial charge in [0.05, 0.1) is 17.4 Å². The highest BCUT2D eigenvalue weighted by Crippen LogP contribution is 2.30. The van der Waals surface area contributed by atoms with Crippen LogP contribution in [0.2, 0.25) is 0 Å². The Balaban J connectivity index is 1.89. The summed E-state index contributed by atoms with van der Waals surface area (Å²) in [5.74, 6) is -0.120. The van der Waals surface area contributed by atoms with E-state index in [4.69, 9.17) is 5.73 Å². The van der Waals surface area contributed by atoms with Crippen LogP contribution in [0, 0.1) is 0 Å². The molecule has 4 nitrogen and oxygen atoms in total. The third kappa shape index (κ3) is 4.67. The fourth-order valence-electron chi connectivity index (χ4n) is 2.99. The first-order valence-electron chi connectivity index (χ1n) is 9.11. The second kappa shape index (κ2) is 8.41. The number of hydrogen-bond acceptors (Lipinski definition) is 3. The first-order valence-corrected chi connectivity index (χ1v) is 9.11. The molecule has 0 saturated carbocycles. The molecule has 0 aliphatic carbocycles. The number of nitrogen functional groups attached to an aromatic ring is 1. The van der Waals surface area contributed by atoms with Gasteiger partial charge in [0.2, 0.25) is 0 Å². The van der Waals surface area contributed by atoms with Crippen LogP contribution in [0.3, 0.4) is 0 Å². The Morgan fingerprint density at radius 1 is 0.852 bits per heavy atom. The van der Waals surface area contributed by atoms with E-state index >= 15 is 0 Å². The molecule has 3 aromatic carbocycles. The van der Waals surface area contributed by atoms with Gasteiger partial charge in [-0.05, 0) is 43.2 Å². The topological polar surface area (TPSA) is 67.2 Å². The number of hydrogen-bond donors (Lipinski definition) is 3. The van der Waals surface area contributed by atoms with E-state index in [0.29, 0.717) is 11.3 Å². The zero-order valence-corrected chi connectivity index (χ0v) is 15.6. The van der Waals surface area contributed by atoms with Crippen molar-refractivity contribution >= 4 is 17.3 Å². The summed E-state index contributed by atoms with van der Waals surface area (Å²) in [5.41, 5.74) is 10.4. The van der Waals surface area contributed by atoms with Crippen molar-refractivity contribution in [1.29, 1.82) is 0 Å². The molecule has 3 rings (SSSR count). The zero-order chi connectivity index (χ0) is 19.2. The predicted octanol–water partition coefficient (Wildman–Crippen LogP) is 4.61. The molecule has 27 heavy (non-hydrogen) atoms. The zero-order valence-electron chi connectivity index (χ0n) is 15.6. The summed E-state index contributed by atoms with van der Waals surface area (Å²) in [6, 6.07) is 25.9. The third-order valence-electron chi connectivity index (χ3n) is 4.30. The van der Waals surface area contributed by atoms with Crippen molar-refractivity contribution in [3.05, 3.63) is 95.6 Å². The molecule has 0 aliphatic heterocycles. The van der Waals surface area contributed by atoms with Gasteiger partial charge in [-0.15, -0.1) is 0 Å². The summed E-state index contributed by atoms with van der Waals surface area (Å²) >= 11 is 0. The van der Waals surface area contributed by atoms with Gasteiger partial charge in [-0.2, -0.15) is 0 Å². The average Bonchev–Trinajstić information content (AvgIpc) is 2.68. The van der Waals surface area contributed by atoms with E-state index in [1.165, 1.54) is 0 Å². The molecule has 0 aliphatic rings. The molecule has 0 unspecified atom stereocenters. The molecule has 138 valence electrons. The van der Waals surface area contributed by atoms with Crippen LogP contribution in [0.15, 0.2) is 78.9 Å². The standard InChI is InChI=1S/C23H25N3O/c1-16(2)25-23(27)19-13-14-21(20(24)15-19)26-22(17-9-5-3-6-10-17)18-11-7-4-8-12-18/h3-16,22,26H,24H2,1-2H3,(H,25,27). The molecule has 0 radical (unpaired) electrons. The van der Waals surface area contributed by atoms with Crippen LogP contribution in [-0.2, 0) is 0 Å². The highest BCUT2D eigenvalue weighted by Gasteiger charge is 2.16. The molecule has 4 N–H and O–H groups in total. The summed E-state index contributed by atoms with van der Waals surface area (Å²) in [7, 11) is 0. The Morgan fingerprint density at radius 3 is 1.89 bits per heavy atom. The number of benzene rings is 3. The van der Waals surface area contributed by atoms with Gasteiger partial charge < -0.3 is 16.4 Å². The molecule has 0 heterocycles. The van der Waals surface area contributed by atoms with Gasteiger partial charge in [-0.3, -0.25) is 4.79 Å². The SMILES string of the molecule is CC(C)NC(=O)c1ccc(NC(c2ccccc2)c2ccccc2)c(N)c1. The van der Waals surface area contributed by atoms with E-state index in [2.05, 4.69) is 34.9 Å². The molecular formula is C23H25N3O. The molecular weight excluding hydrogens is 334 g/mol. The minimum absolute atomic E-state index is 0.0370. The fourth-order valence-corrected chi connectivity index (χ4v) is 2.99. The normalized spacial score (nSPS) is 10.8. The van der Waals surface area contributed by atoms with E-state index in [0.717, 1.165) is 16.8 Å². The molecule has 0 fully saturated rings. The molecule has 0 aromatic heterocycles. The van der Waals surface area contributed by atoms with E-state index in [1.54, 1.807) is 12.1 Å². The van der Waals surface area contributed by atoms with Crippen LogP contribution in [0.1, 0.15) is 41.4 Å². The van der Waals surface area contributed by atoms with E-state index in [9.17, 15) is 4.79 Å². The highest BCUT2D eigenvalue weighted by atomic mass is 16.1. The Kier molecular flexibility index (Phi) is 5.77. The van der Waals surface area contributed by atoms with Gasteiger partial charge in [-0.1, -0.05) is 60.7 Å². The number of nitrogens with one attached hydrogen (secondary N) is 2. The Morgan fingerprint density at radius 2 is 1.41 bits per heavy atom. The number of carbonyl (C=O) groups excluding carboxylic acids is 1. The monoisotopic (exact) mass is 359 g/mol. The van der Waals surface area contributed by atoms with Gasteiger partial charge >= 0.3 is 0 Å². The van der Waals surface area contributed by atoms with E-state index < -0.39 is 0 Å². The molecule has 3 aromatic rings.